The molecule has 1 atom stereocenters. The maximum Gasteiger partial charge on any atom is 0.328 e. The Bertz CT molecular complexity index is 1270. The van der Waals surface area contributed by atoms with E-state index in [0.717, 1.165) is 47.7 Å². The highest BCUT2D eigenvalue weighted by molar-refractivity contribution is 6.18. The van der Waals surface area contributed by atoms with Crippen molar-refractivity contribution in [3.8, 4) is 11.3 Å². The zero-order valence-electron chi connectivity index (χ0n) is 21.8. The van der Waals surface area contributed by atoms with Crippen LogP contribution in [0.25, 0.3) is 11.3 Å². The maximum absolute atomic E-state index is 13.0. The zero-order chi connectivity index (χ0) is 27.6. The van der Waals surface area contributed by atoms with Crippen LogP contribution in [0, 0.1) is 0 Å². The molecule has 1 amide bonds. The summed E-state index contributed by atoms with van der Waals surface area (Å²) in [6, 6.07) is 18.0. The van der Waals surface area contributed by atoms with E-state index in [1.165, 1.54) is 7.11 Å². The summed E-state index contributed by atoms with van der Waals surface area (Å²) in [5, 5.41) is 6.06. The predicted octanol–water partition coefficient (Wildman–Crippen LogP) is 4.48. The van der Waals surface area contributed by atoms with Gasteiger partial charge in [0.25, 0.3) is 5.91 Å². The Morgan fingerprint density at radius 3 is 2.33 bits per heavy atom. The molecule has 1 aliphatic heterocycles. The van der Waals surface area contributed by atoms with Gasteiger partial charge in [0.2, 0.25) is 0 Å². The highest BCUT2D eigenvalue weighted by Crippen LogP contribution is 2.23. The van der Waals surface area contributed by atoms with Crippen LogP contribution in [0.2, 0.25) is 0 Å². The van der Waals surface area contributed by atoms with Crippen molar-refractivity contribution in [1.29, 1.82) is 0 Å². The molecule has 2 N–H and O–H groups in total. The number of methoxy groups -OCH3 is 1. The number of rotatable bonds is 12. The average molecular weight is 572 g/mol. The molecular weight excluding hydrogens is 539 g/mol. The highest BCUT2D eigenvalue weighted by atomic mass is 35.5. The Morgan fingerprint density at radius 1 is 1.03 bits per heavy atom. The fraction of sp³-hybridized carbons (Fsp3) is 0.345. The monoisotopic (exact) mass is 570 g/mol. The highest BCUT2D eigenvalue weighted by Gasteiger charge is 2.24. The van der Waals surface area contributed by atoms with Gasteiger partial charge in [-0.15, -0.1) is 23.2 Å². The second kappa shape index (κ2) is 14.1. The summed E-state index contributed by atoms with van der Waals surface area (Å²) >= 11 is 11.8. The Balaban J connectivity index is 1.42. The number of nitrogens with zero attached hydrogens (tertiary/aromatic N) is 2. The van der Waals surface area contributed by atoms with Crippen molar-refractivity contribution >= 4 is 46.6 Å². The van der Waals surface area contributed by atoms with Gasteiger partial charge >= 0.3 is 5.97 Å². The fourth-order valence-electron chi connectivity index (χ4n) is 4.35. The van der Waals surface area contributed by atoms with Crippen molar-refractivity contribution < 1.29 is 18.7 Å². The van der Waals surface area contributed by atoms with Gasteiger partial charge in [-0.2, -0.15) is 0 Å². The van der Waals surface area contributed by atoms with Crippen LogP contribution in [0.15, 0.2) is 70.1 Å². The molecule has 39 heavy (non-hydrogen) atoms. The second-order valence-corrected chi connectivity index (χ2v) is 9.79. The van der Waals surface area contributed by atoms with Crippen LogP contribution in [0.1, 0.15) is 28.1 Å². The minimum Gasteiger partial charge on any atom is -0.467 e. The van der Waals surface area contributed by atoms with Gasteiger partial charge in [-0.25, -0.2) is 4.79 Å². The topological polar surface area (TPSA) is 96.2 Å². The van der Waals surface area contributed by atoms with Crippen molar-refractivity contribution in [2.24, 2.45) is 4.99 Å². The predicted molar refractivity (Wildman–Crippen MR) is 155 cm³/mol. The number of amides is 1. The first-order valence-electron chi connectivity index (χ1n) is 12.9. The molecule has 0 fully saturated rings. The number of halogens is 2. The summed E-state index contributed by atoms with van der Waals surface area (Å²) in [6.07, 6.45) is 1.29. The van der Waals surface area contributed by atoms with E-state index in [1.54, 1.807) is 12.1 Å². The van der Waals surface area contributed by atoms with Crippen LogP contribution in [0.4, 0.5) is 5.69 Å². The fourth-order valence-corrected chi connectivity index (χ4v) is 4.76. The second-order valence-electron chi connectivity index (χ2n) is 9.04. The van der Waals surface area contributed by atoms with Crippen molar-refractivity contribution in [3.63, 3.8) is 0 Å². The van der Waals surface area contributed by atoms with Gasteiger partial charge < -0.3 is 24.7 Å². The number of amidine groups is 1. The number of furan rings is 1. The molecule has 206 valence electrons. The molecule has 10 heteroatoms. The van der Waals surface area contributed by atoms with Crippen molar-refractivity contribution in [1.82, 2.24) is 10.6 Å². The van der Waals surface area contributed by atoms with Crippen LogP contribution in [0.5, 0.6) is 0 Å². The molecule has 2 heterocycles. The Labute approximate surface area is 238 Å². The molecule has 0 aliphatic carbocycles. The van der Waals surface area contributed by atoms with E-state index in [-0.39, 0.29) is 12.2 Å². The number of hydrogen-bond donors (Lipinski definition) is 2. The molecule has 0 saturated carbocycles. The molecule has 8 nitrogen and oxygen atoms in total. The van der Waals surface area contributed by atoms with Gasteiger partial charge in [-0.3, -0.25) is 9.79 Å². The minimum atomic E-state index is -0.883. The van der Waals surface area contributed by atoms with Gasteiger partial charge in [0.1, 0.15) is 17.6 Å². The normalized spacial score (nSPS) is 13.7. The van der Waals surface area contributed by atoms with Gasteiger partial charge in [-0.05, 0) is 36.2 Å². The summed E-state index contributed by atoms with van der Waals surface area (Å²) in [5.74, 6) is 1.48. The lowest BCUT2D eigenvalue weighted by Crippen LogP contribution is -2.43. The van der Waals surface area contributed by atoms with E-state index in [2.05, 4.69) is 20.5 Å². The third kappa shape index (κ3) is 7.55. The number of carbonyl (C=O) groups is 2. The van der Waals surface area contributed by atoms with Crippen LogP contribution in [-0.4, -0.2) is 68.8 Å². The standard InChI is InChI=1S/C29H32Cl2N4O4/c1-38-29(37)24(19-20-3-9-23(10-4-20)35(17-13-30)18-14-31)34-28(36)26-12-11-25(39-26)21-5-7-22(8-6-21)27-32-15-2-16-33-27/h3-12,24H,2,13-19H2,1H3,(H,32,33)(H,34,36). The van der Waals surface area contributed by atoms with Crippen LogP contribution >= 0.6 is 23.2 Å². The average Bonchev–Trinajstić information content (AvgIpc) is 3.48. The van der Waals surface area contributed by atoms with Gasteiger partial charge in [0.05, 0.1) is 7.11 Å². The molecule has 4 rings (SSSR count). The quantitative estimate of drug-likeness (QED) is 0.246. The number of ether oxygens (including phenoxy) is 1. The Morgan fingerprint density at radius 2 is 1.72 bits per heavy atom. The summed E-state index contributed by atoms with van der Waals surface area (Å²) < 4.78 is 10.8. The number of nitrogens with one attached hydrogen (secondary N) is 2. The first-order chi connectivity index (χ1) is 19.0. The molecule has 0 spiro atoms. The molecule has 1 aromatic heterocycles. The third-order valence-electron chi connectivity index (χ3n) is 6.41. The first-order valence-corrected chi connectivity index (χ1v) is 13.9. The lowest BCUT2D eigenvalue weighted by atomic mass is 10.0. The molecule has 2 aromatic carbocycles. The van der Waals surface area contributed by atoms with E-state index in [4.69, 9.17) is 32.4 Å². The van der Waals surface area contributed by atoms with Crippen LogP contribution in [0.3, 0.4) is 0 Å². The number of benzene rings is 2. The summed E-state index contributed by atoms with van der Waals surface area (Å²) in [4.78, 5) is 32.1. The van der Waals surface area contributed by atoms with Crippen LogP contribution < -0.4 is 15.5 Å². The molecular formula is C29H32Cl2N4O4. The number of carbonyl (C=O) groups excluding carboxylic acids is 2. The first kappa shape index (κ1) is 28.5. The largest absolute Gasteiger partial charge is 0.467 e. The number of anilines is 1. The SMILES string of the molecule is COC(=O)C(Cc1ccc(N(CCCl)CCCl)cc1)NC(=O)c1ccc(-c2ccc(C3=NCCCN3)cc2)o1. The van der Waals surface area contributed by atoms with E-state index in [1.807, 2.05) is 48.5 Å². The Hall–Kier alpha value is -3.49. The van der Waals surface area contributed by atoms with Crippen LogP contribution in [-0.2, 0) is 16.0 Å². The number of alkyl halides is 2. The lowest BCUT2D eigenvalue weighted by Gasteiger charge is -2.23. The lowest BCUT2D eigenvalue weighted by molar-refractivity contribution is -0.142. The smallest absolute Gasteiger partial charge is 0.328 e. The molecule has 3 aromatic rings. The van der Waals surface area contributed by atoms with Gasteiger partial charge in [0, 0.05) is 61.2 Å². The van der Waals surface area contributed by atoms with E-state index in [9.17, 15) is 9.59 Å². The minimum absolute atomic E-state index is 0.106. The number of aliphatic imine (C=N–C) groups is 1. The molecule has 0 bridgehead atoms. The Kier molecular flexibility index (Phi) is 10.3. The summed E-state index contributed by atoms with van der Waals surface area (Å²) in [5.41, 5.74) is 3.68. The van der Waals surface area contributed by atoms with Gasteiger partial charge in [-0.1, -0.05) is 36.4 Å². The number of hydrogen-bond acceptors (Lipinski definition) is 7. The molecule has 0 saturated heterocycles. The molecule has 1 aliphatic rings. The van der Waals surface area contributed by atoms with Crippen molar-refractivity contribution in [2.75, 3.05) is 49.9 Å². The summed E-state index contributed by atoms with van der Waals surface area (Å²) in [6.45, 7) is 3.09. The maximum atomic E-state index is 13.0. The zero-order valence-corrected chi connectivity index (χ0v) is 23.3. The van der Waals surface area contributed by atoms with E-state index < -0.39 is 17.9 Å². The van der Waals surface area contributed by atoms with Crippen molar-refractivity contribution in [2.45, 2.75) is 18.9 Å². The van der Waals surface area contributed by atoms with E-state index >= 15 is 0 Å². The van der Waals surface area contributed by atoms with E-state index in [0.29, 0.717) is 30.6 Å². The third-order valence-corrected chi connectivity index (χ3v) is 6.75. The van der Waals surface area contributed by atoms with Crippen molar-refractivity contribution in [3.05, 3.63) is 77.6 Å². The molecule has 0 radical (unpaired) electrons. The molecule has 1 unspecified atom stereocenters. The van der Waals surface area contributed by atoms with Gasteiger partial charge in [0.15, 0.2) is 5.76 Å². The summed E-state index contributed by atoms with van der Waals surface area (Å²) in [7, 11) is 1.30. The number of esters is 1.